The van der Waals surface area contributed by atoms with E-state index in [1.54, 1.807) is 25.2 Å². The number of carbonyl (C=O) groups is 2. The minimum atomic E-state index is -0.169. The van der Waals surface area contributed by atoms with E-state index in [1.807, 2.05) is 0 Å². The molecule has 0 fully saturated rings. The molecule has 1 aliphatic heterocycles. The van der Waals surface area contributed by atoms with Crippen LogP contribution in [0.25, 0.3) is 0 Å². The van der Waals surface area contributed by atoms with Gasteiger partial charge in [-0.05, 0) is 18.2 Å². The van der Waals surface area contributed by atoms with Crippen LogP contribution < -0.4 is 16.0 Å². The SMILES string of the molecule is CNC(=O)c1ccc2c(c1)NC(=O)CN2. The highest BCUT2D eigenvalue weighted by atomic mass is 16.2. The Morgan fingerprint density at radius 2 is 2.20 bits per heavy atom. The first-order chi connectivity index (χ1) is 7.20. The van der Waals surface area contributed by atoms with Gasteiger partial charge in [0.15, 0.2) is 0 Å². The molecule has 0 radical (unpaired) electrons. The molecule has 2 amide bonds. The van der Waals surface area contributed by atoms with Gasteiger partial charge in [0.2, 0.25) is 5.91 Å². The summed E-state index contributed by atoms with van der Waals surface area (Å²) >= 11 is 0. The molecule has 15 heavy (non-hydrogen) atoms. The Balaban J connectivity index is 2.36. The molecular formula is C10H11N3O2. The number of fused-ring (bicyclic) bond motifs is 1. The summed E-state index contributed by atoms with van der Waals surface area (Å²) < 4.78 is 0. The average Bonchev–Trinajstić information content (AvgIpc) is 2.27. The number of carbonyl (C=O) groups excluding carboxylic acids is 2. The zero-order valence-electron chi connectivity index (χ0n) is 8.26. The van der Waals surface area contributed by atoms with Crippen molar-refractivity contribution in [1.29, 1.82) is 0 Å². The van der Waals surface area contributed by atoms with Gasteiger partial charge in [-0.1, -0.05) is 0 Å². The fourth-order valence-corrected chi connectivity index (χ4v) is 1.46. The van der Waals surface area contributed by atoms with Crippen molar-refractivity contribution < 1.29 is 9.59 Å². The molecule has 78 valence electrons. The quantitative estimate of drug-likeness (QED) is 0.622. The maximum absolute atomic E-state index is 11.3. The molecule has 0 aliphatic carbocycles. The summed E-state index contributed by atoms with van der Waals surface area (Å²) in [5, 5.41) is 8.18. The lowest BCUT2D eigenvalue weighted by Gasteiger charge is -2.18. The largest absolute Gasteiger partial charge is 0.374 e. The third-order valence-corrected chi connectivity index (χ3v) is 2.22. The van der Waals surface area contributed by atoms with Crippen molar-refractivity contribution in [2.24, 2.45) is 0 Å². The molecule has 2 rings (SSSR count). The van der Waals surface area contributed by atoms with Gasteiger partial charge in [-0.3, -0.25) is 9.59 Å². The van der Waals surface area contributed by atoms with Crippen LogP contribution in [0, 0.1) is 0 Å². The molecule has 0 bridgehead atoms. The fourth-order valence-electron chi connectivity index (χ4n) is 1.46. The van der Waals surface area contributed by atoms with Crippen molar-refractivity contribution in [2.45, 2.75) is 0 Å². The van der Waals surface area contributed by atoms with Gasteiger partial charge >= 0.3 is 0 Å². The van der Waals surface area contributed by atoms with E-state index in [0.717, 1.165) is 5.69 Å². The van der Waals surface area contributed by atoms with Crippen LogP contribution >= 0.6 is 0 Å². The van der Waals surface area contributed by atoms with Crippen LogP contribution in [0.2, 0.25) is 0 Å². The Morgan fingerprint density at radius 1 is 1.40 bits per heavy atom. The van der Waals surface area contributed by atoms with E-state index in [-0.39, 0.29) is 18.4 Å². The standard InChI is InChI=1S/C10H11N3O2/c1-11-10(15)6-2-3-7-8(4-6)13-9(14)5-12-7/h2-4,12H,5H2,1H3,(H,11,15)(H,13,14). The summed E-state index contributed by atoms with van der Waals surface area (Å²) in [6.45, 7) is 0.270. The Kier molecular flexibility index (Phi) is 2.29. The van der Waals surface area contributed by atoms with Crippen LogP contribution in [0.1, 0.15) is 10.4 Å². The highest BCUT2D eigenvalue weighted by Gasteiger charge is 2.15. The first-order valence-electron chi connectivity index (χ1n) is 4.60. The molecule has 0 spiro atoms. The monoisotopic (exact) mass is 205 g/mol. The van der Waals surface area contributed by atoms with E-state index in [1.165, 1.54) is 0 Å². The predicted molar refractivity (Wildman–Crippen MR) is 57.0 cm³/mol. The van der Waals surface area contributed by atoms with E-state index in [2.05, 4.69) is 16.0 Å². The molecule has 1 heterocycles. The summed E-state index contributed by atoms with van der Waals surface area (Å²) in [4.78, 5) is 22.4. The number of amides is 2. The minimum absolute atomic E-state index is 0.100. The second kappa shape index (κ2) is 3.61. The summed E-state index contributed by atoms with van der Waals surface area (Å²) in [6.07, 6.45) is 0. The molecule has 0 unspecified atom stereocenters. The van der Waals surface area contributed by atoms with Crippen molar-refractivity contribution in [2.75, 3.05) is 24.2 Å². The van der Waals surface area contributed by atoms with Crippen LogP contribution in [0.5, 0.6) is 0 Å². The fraction of sp³-hybridized carbons (Fsp3) is 0.200. The molecular weight excluding hydrogens is 194 g/mol. The van der Waals surface area contributed by atoms with E-state index >= 15 is 0 Å². The van der Waals surface area contributed by atoms with E-state index < -0.39 is 0 Å². The summed E-state index contributed by atoms with van der Waals surface area (Å²) in [5.41, 5.74) is 2.01. The maximum Gasteiger partial charge on any atom is 0.251 e. The Bertz CT molecular complexity index is 429. The third kappa shape index (κ3) is 1.76. The van der Waals surface area contributed by atoms with Crippen LogP contribution in [0.4, 0.5) is 11.4 Å². The first kappa shape index (κ1) is 9.51. The number of benzene rings is 1. The molecule has 0 atom stereocenters. The predicted octanol–water partition coefficient (Wildman–Crippen LogP) is 0.410. The lowest BCUT2D eigenvalue weighted by Crippen LogP contribution is -2.28. The number of nitrogens with one attached hydrogen (secondary N) is 3. The topological polar surface area (TPSA) is 70.2 Å². The molecule has 3 N–H and O–H groups in total. The van der Waals surface area contributed by atoms with Crippen molar-refractivity contribution >= 4 is 23.2 Å². The van der Waals surface area contributed by atoms with Gasteiger partial charge in [-0.15, -0.1) is 0 Å². The Labute approximate surface area is 86.9 Å². The smallest absolute Gasteiger partial charge is 0.251 e. The van der Waals surface area contributed by atoms with Gasteiger partial charge in [-0.25, -0.2) is 0 Å². The average molecular weight is 205 g/mol. The molecule has 1 aromatic rings. The lowest BCUT2D eigenvalue weighted by atomic mass is 10.1. The second-order valence-electron chi connectivity index (χ2n) is 3.24. The number of anilines is 2. The minimum Gasteiger partial charge on any atom is -0.374 e. The molecule has 0 saturated heterocycles. The number of hydrogen-bond acceptors (Lipinski definition) is 3. The highest BCUT2D eigenvalue weighted by Crippen LogP contribution is 2.25. The molecule has 0 saturated carbocycles. The normalized spacial score (nSPS) is 13.5. The third-order valence-electron chi connectivity index (χ3n) is 2.22. The number of rotatable bonds is 1. The van der Waals surface area contributed by atoms with Crippen LogP contribution in [0.3, 0.4) is 0 Å². The van der Waals surface area contributed by atoms with Crippen molar-refractivity contribution in [3.63, 3.8) is 0 Å². The second-order valence-corrected chi connectivity index (χ2v) is 3.24. The van der Waals surface area contributed by atoms with Gasteiger partial charge in [-0.2, -0.15) is 0 Å². The van der Waals surface area contributed by atoms with Crippen LogP contribution in [-0.4, -0.2) is 25.4 Å². The maximum atomic E-state index is 11.3. The summed E-state index contributed by atoms with van der Waals surface area (Å²) in [6, 6.07) is 5.14. The van der Waals surface area contributed by atoms with Gasteiger partial charge in [0.05, 0.1) is 17.9 Å². The zero-order valence-corrected chi connectivity index (χ0v) is 8.26. The van der Waals surface area contributed by atoms with E-state index in [4.69, 9.17) is 0 Å². The van der Waals surface area contributed by atoms with Gasteiger partial charge in [0.25, 0.3) is 5.91 Å². The molecule has 1 aliphatic rings. The van der Waals surface area contributed by atoms with E-state index in [0.29, 0.717) is 11.3 Å². The van der Waals surface area contributed by atoms with Gasteiger partial charge in [0, 0.05) is 12.6 Å². The lowest BCUT2D eigenvalue weighted by molar-refractivity contribution is -0.114. The Hall–Kier alpha value is -2.04. The zero-order chi connectivity index (χ0) is 10.8. The molecule has 1 aromatic carbocycles. The van der Waals surface area contributed by atoms with Gasteiger partial charge in [0.1, 0.15) is 0 Å². The van der Waals surface area contributed by atoms with Crippen molar-refractivity contribution in [3.8, 4) is 0 Å². The van der Waals surface area contributed by atoms with Crippen LogP contribution in [-0.2, 0) is 4.79 Å². The summed E-state index contributed by atoms with van der Waals surface area (Å²) in [5.74, 6) is -0.269. The van der Waals surface area contributed by atoms with Gasteiger partial charge < -0.3 is 16.0 Å². The van der Waals surface area contributed by atoms with Crippen molar-refractivity contribution in [1.82, 2.24) is 5.32 Å². The van der Waals surface area contributed by atoms with Crippen LogP contribution in [0.15, 0.2) is 18.2 Å². The Morgan fingerprint density at radius 3 is 2.93 bits per heavy atom. The molecule has 5 heteroatoms. The first-order valence-corrected chi connectivity index (χ1v) is 4.60. The highest BCUT2D eigenvalue weighted by molar-refractivity contribution is 6.03. The van der Waals surface area contributed by atoms with E-state index in [9.17, 15) is 9.59 Å². The molecule has 0 aromatic heterocycles. The van der Waals surface area contributed by atoms with Crippen molar-refractivity contribution in [3.05, 3.63) is 23.8 Å². The summed E-state index contributed by atoms with van der Waals surface area (Å²) in [7, 11) is 1.57. The number of hydrogen-bond donors (Lipinski definition) is 3. The molecule has 5 nitrogen and oxygen atoms in total.